The SMILES string of the molecule is CCN(CCC(=O)O)c1ccc(N=Nc2ccc(N=Nc3ccncc3)c(OC)c2)cc1. The van der Waals surface area contributed by atoms with Crippen molar-refractivity contribution in [2.75, 3.05) is 25.1 Å². The number of aromatic nitrogens is 1. The predicted molar refractivity (Wildman–Crippen MR) is 122 cm³/mol. The lowest BCUT2D eigenvalue weighted by Gasteiger charge is -2.22. The van der Waals surface area contributed by atoms with E-state index in [4.69, 9.17) is 9.84 Å². The molecular weight excluding hydrogens is 408 g/mol. The summed E-state index contributed by atoms with van der Waals surface area (Å²) in [5.41, 5.74) is 3.51. The molecule has 164 valence electrons. The summed E-state index contributed by atoms with van der Waals surface area (Å²) in [5.74, 6) is -0.277. The molecule has 0 spiro atoms. The highest BCUT2D eigenvalue weighted by Crippen LogP contribution is 2.33. The molecule has 0 aliphatic heterocycles. The number of hydrogen-bond donors (Lipinski definition) is 1. The summed E-state index contributed by atoms with van der Waals surface area (Å²) >= 11 is 0. The average molecular weight is 432 g/mol. The Bertz CT molecular complexity index is 1080. The van der Waals surface area contributed by atoms with Crippen molar-refractivity contribution < 1.29 is 14.6 Å². The van der Waals surface area contributed by atoms with Crippen LogP contribution < -0.4 is 9.64 Å². The minimum absolute atomic E-state index is 0.0925. The van der Waals surface area contributed by atoms with Gasteiger partial charge in [0.05, 0.1) is 30.6 Å². The van der Waals surface area contributed by atoms with E-state index >= 15 is 0 Å². The van der Waals surface area contributed by atoms with Crippen molar-refractivity contribution in [1.29, 1.82) is 0 Å². The lowest BCUT2D eigenvalue weighted by Crippen LogP contribution is -2.25. The van der Waals surface area contributed by atoms with Gasteiger partial charge in [-0.15, -0.1) is 5.11 Å². The van der Waals surface area contributed by atoms with Crippen LogP contribution in [0.2, 0.25) is 0 Å². The fourth-order valence-corrected chi connectivity index (χ4v) is 2.88. The lowest BCUT2D eigenvalue weighted by molar-refractivity contribution is -0.136. The highest BCUT2D eigenvalue weighted by molar-refractivity contribution is 5.68. The van der Waals surface area contributed by atoms with Crippen molar-refractivity contribution in [2.24, 2.45) is 20.5 Å². The first kappa shape index (κ1) is 22.5. The van der Waals surface area contributed by atoms with E-state index in [9.17, 15) is 4.79 Å². The molecule has 0 aliphatic rings. The zero-order valence-corrected chi connectivity index (χ0v) is 17.9. The maximum Gasteiger partial charge on any atom is 0.305 e. The van der Waals surface area contributed by atoms with Gasteiger partial charge in [0, 0.05) is 37.2 Å². The number of methoxy groups -OCH3 is 1. The fourth-order valence-electron chi connectivity index (χ4n) is 2.88. The highest BCUT2D eigenvalue weighted by Gasteiger charge is 2.07. The fraction of sp³-hybridized carbons (Fsp3) is 0.217. The number of rotatable bonds is 10. The summed E-state index contributed by atoms with van der Waals surface area (Å²) in [6.07, 6.45) is 3.39. The summed E-state index contributed by atoms with van der Waals surface area (Å²) in [6, 6.07) is 16.3. The van der Waals surface area contributed by atoms with Gasteiger partial charge in [-0.05, 0) is 55.5 Å². The molecule has 0 radical (unpaired) electrons. The summed E-state index contributed by atoms with van der Waals surface area (Å²) in [7, 11) is 1.56. The third-order valence-electron chi connectivity index (χ3n) is 4.57. The van der Waals surface area contributed by atoms with E-state index < -0.39 is 5.97 Å². The molecule has 3 aromatic rings. The first-order valence-corrected chi connectivity index (χ1v) is 10.1. The second kappa shape index (κ2) is 11.3. The smallest absolute Gasteiger partial charge is 0.305 e. The number of benzene rings is 2. The van der Waals surface area contributed by atoms with Gasteiger partial charge in [-0.1, -0.05) is 0 Å². The molecule has 2 aromatic carbocycles. The van der Waals surface area contributed by atoms with Gasteiger partial charge in [-0.2, -0.15) is 15.3 Å². The van der Waals surface area contributed by atoms with Crippen molar-refractivity contribution in [2.45, 2.75) is 13.3 Å². The zero-order valence-electron chi connectivity index (χ0n) is 17.9. The molecule has 0 unspecified atom stereocenters. The van der Waals surface area contributed by atoms with Gasteiger partial charge < -0.3 is 14.7 Å². The van der Waals surface area contributed by atoms with E-state index in [1.807, 2.05) is 36.1 Å². The standard InChI is InChI=1S/C23H24N6O3/c1-3-29(15-12-23(30)31)20-7-4-17(5-8-20)25-27-19-6-9-21(22(16-19)32-2)28-26-18-10-13-24-14-11-18/h4-11,13-14,16H,3,12,15H2,1-2H3,(H,30,31). The first-order chi connectivity index (χ1) is 15.6. The normalized spacial score (nSPS) is 11.2. The summed E-state index contributed by atoms with van der Waals surface area (Å²) < 4.78 is 5.41. The van der Waals surface area contributed by atoms with Crippen LogP contribution in [0.1, 0.15) is 13.3 Å². The van der Waals surface area contributed by atoms with Crippen LogP contribution in [0.4, 0.5) is 28.4 Å². The van der Waals surface area contributed by atoms with Crippen molar-refractivity contribution in [3.05, 3.63) is 67.0 Å². The Morgan fingerprint density at radius 1 is 0.938 bits per heavy atom. The van der Waals surface area contributed by atoms with Gasteiger partial charge in [-0.3, -0.25) is 9.78 Å². The Morgan fingerprint density at radius 2 is 1.56 bits per heavy atom. The van der Waals surface area contributed by atoms with Crippen LogP contribution >= 0.6 is 0 Å². The van der Waals surface area contributed by atoms with Crippen LogP contribution in [0.5, 0.6) is 5.75 Å². The second-order valence-electron chi connectivity index (χ2n) is 6.70. The van der Waals surface area contributed by atoms with Gasteiger partial charge in [0.15, 0.2) is 0 Å². The predicted octanol–water partition coefficient (Wildman–Crippen LogP) is 6.22. The molecule has 0 saturated carbocycles. The Labute approximate surface area is 186 Å². The monoisotopic (exact) mass is 432 g/mol. The minimum Gasteiger partial charge on any atom is -0.494 e. The summed E-state index contributed by atoms with van der Waals surface area (Å²) in [4.78, 5) is 16.8. The minimum atomic E-state index is -0.811. The molecule has 0 atom stereocenters. The largest absolute Gasteiger partial charge is 0.494 e. The number of pyridine rings is 1. The first-order valence-electron chi connectivity index (χ1n) is 10.1. The third-order valence-corrected chi connectivity index (χ3v) is 4.57. The van der Waals surface area contributed by atoms with E-state index in [1.165, 1.54) is 0 Å². The molecule has 0 aliphatic carbocycles. The maximum atomic E-state index is 10.8. The topological polar surface area (TPSA) is 112 Å². The van der Waals surface area contributed by atoms with Crippen LogP contribution in [-0.2, 0) is 4.79 Å². The Kier molecular flexibility index (Phi) is 7.96. The number of azo groups is 2. The Hall–Kier alpha value is -4.14. The van der Waals surface area contributed by atoms with Crippen molar-refractivity contribution in [3.8, 4) is 5.75 Å². The van der Waals surface area contributed by atoms with Crippen LogP contribution in [0.3, 0.4) is 0 Å². The lowest BCUT2D eigenvalue weighted by atomic mass is 10.2. The molecular formula is C23H24N6O3. The number of carbonyl (C=O) groups is 1. The van der Waals surface area contributed by atoms with Gasteiger partial charge in [0.2, 0.25) is 0 Å². The molecule has 1 N–H and O–H groups in total. The Morgan fingerprint density at radius 3 is 2.22 bits per heavy atom. The molecule has 3 rings (SSSR count). The van der Waals surface area contributed by atoms with Crippen LogP contribution in [0.25, 0.3) is 0 Å². The van der Waals surface area contributed by atoms with E-state index in [1.54, 1.807) is 49.8 Å². The third kappa shape index (κ3) is 6.43. The number of anilines is 1. The number of carboxylic acids is 1. The van der Waals surface area contributed by atoms with Crippen molar-refractivity contribution in [3.63, 3.8) is 0 Å². The van der Waals surface area contributed by atoms with E-state index in [0.29, 0.717) is 35.0 Å². The second-order valence-corrected chi connectivity index (χ2v) is 6.70. The average Bonchev–Trinajstić information content (AvgIpc) is 2.83. The molecule has 0 amide bonds. The summed E-state index contributed by atoms with van der Waals surface area (Å²) in [5, 5.41) is 25.8. The molecule has 0 fully saturated rings. The van der Waals surface area contributed by atoms with E-state index in [2.05, 4.69) is 25.4 Å². The van der Waals surface area contributed by atoms with Crippen molar-refractivity contribution >= 4 is 34.4 Å². The number of nitrogens with zero attached hydrogens (tertiary/aromatic N) is 6. The van der Waals surface area contributed by atoms with Crippen LogP contribution in [0, 0.1) is 0 Å². The van der Waals surface area contributed by atoms with Gasteiger partial charge >= 0.3 is 5.97 Å². The maximum absolute atomic E-state index is 10.8. The Balaban J connectivity index is 1.69. The molecule has 9 nitrogen and oxygen atoms in total. The molecule has 1 aromatic heterocycles. The zero-order chi connectivity index (χ0) is 22.8. The van der Waals surface area contributed by atoms with Crippen molar-refractivity contribution in [1.82, 2.24) is 4.98 Å². The van der Waals surface area contributed by atoms with E-state index in [-0.39, 0.29) is 6.42 Å². The molecule has 9 heteroatoms. The molecule has 0 saturated heterocycles. The summed E-state index contributed by atoms with van der Waals surface area (Å²) in [6.45, 7) is 3.17. The highest BCUT2D eigenvalue weighted by atomic mass is 16.5. The molecule has 1 heterocycles. The van der Waals surface area contributed by atoms with Gasteiger partial charge in [-0.25, -0.2) is 0 Å². The van der Waals surface area contributed by atoms with Gasteiger partial charge in [0.25, 0.3) is 0 Å². The van der Waals surface area contributed by atoms with Crippen LogP contribution in [-0.4, -0.2) is 36.3 Å². The van der Waals surface area contributed by atoms with Crippen LogP contribution in [0.15, 0.2) is 87.4 Å². The molecule has 32 heavy (non-hydrogen) atoms. The number of carboxylic acid groups (broad SMARTS) is 1. The molecule has 0 bridgehead atoms. The number of hydrogen-bond acceptors (Lipinski definition) is 8. The van der Waals surface area contributed by atoms with E-state index in [0.717, 1.165) is 12.2 Å². The number of ether oxygens (including phenoxy) is 1. The quantitative estimate of drug-likeness (QED) is 0.382. The van der Waals surface area contributed by atoms with Gasteiger partial charge in [0.1, 0.15) is 11.4 Å². The number of aliphatic carboxylic acids is 1.